The van der Waals surface area contributed by atoms with E-state index < -0.39 is 27.7 Å². The summed E-state index contributed by atoms with van der Waals surface area (Å²) in [4.78, 5) is 16.5. The summed E-state index contributed by atoms with van der Waals surface area (Å²) in [5.74, 6) is -0.113. The highest BCUT2D eigenvalue weighted by Gasteiger charge is 2.60. The zero-order valence-electron chi connectivity index (χ0n) is 21.0. The van der Waals surface area contributed by atoms with Crippen LogP contribution in [-0.2, 0) is 10.0 Å². The van der Waals surface area contributed by atoms with E-state index in [4.69, 9.17) is 0 Å². The van der Waals surface area contributed by atoms with Crippen molar-refractivity contribution in [3.05, 3.63) is 24.3 Å². The number of sulfonamides is 1. The number of ether oxygens (including phenoxy) is 1. The van der Waals surface area contributed by atoms with E-state index in [1.54, 1.807) is 4.90 Å². The highest BCUT2D eigenvalue weighted by molar-refractivity contribution is 7.89. The molecule has 1 N–H and O–H groups in total. The molecule has 4 heterocycles. The minimum Gasteiger partial charge on any atom is -0.406 e. The molecular formula is C25H28F3N5O5S. The maximum absolute atomic E-state index is 13.0. The Hall–Kier alpha value is -2.71. The van der Waals surface area contributed by atoms with E-state index in [1.165, 1.54) is 4.31 Å². The van der Waals surface area contributed by atoms with E-state index in [0.717, 1.165) is 61.4 Å². The summed E-state index contributed by atoms with van der Waals surface area (Å²) >= 11 is 0. The molecule has 1 aromatic rings. The van der Waals surface area contributed by atoms with Crippen LogP contribution in [0.3, 0.4) is 0 Å². The maximum atomic E-state index is 13.0. The van der Waals surface area contributed by atoms with Gasteiger partial charge in [-0.15, -0.1) is 13.2 Å². The molecule has 2 spiro atoms. The van der Waals surface area contributed by atoms with Gasteiger partial charge in [0, 0.05) is 68.1 Å². The molecule has 0 unspecified atom stereocenters. The molecule has 6 aliphatic rings. The normalized spacial score (nSPS) is 26.8. The standard InChI is InChI=1S/C25H28F3N5O5S/c26-25(27,28)38-17-1-3-18(4-2-17)39(36,37)33-14-23(15-33)12-32(13-23)21(34)31-10-22(11-31)8-16(9-22)19-7-20(30-29-19)24(35)5-6-24/h1-4,16,35H,5-15H2. The number of carbonyl (C=O) groups excluding carboxylic acids is 1. The Labute approximate surface area is 223 Å². The summed E-state index contributed by atoms with van der Waals surface area (Å²) in [6.45, 7) is 2.95. The fourth-order valence-electron chi connectivity index (χ4n) is 6.77. The molecule has 0 bridgehead atoms. The van der Waals surface area contributed by atoms with Crippen molar-refractivity contribution in [1.82, 2.24) is 14.1 Å². The van der Waals surface area contributed by atoms with Gasteiger partial charge in [-0.05, 0) is 49.9 Å². The molecule has 2 amide bonds. The van der Waals surface area contributed by atoms with Gasteiger partial charge in [0.15, 0.2) is 0 Å². The van der Waals surface area contributed by atoms with E-state index in [0.29, 0.717) is 38.5 Å². The van der Waals surface area contributed by atoms with E-state index in [-0.39, 0.29) is 34.8 Å². The van der Waals surface area contributed by atoms with Gasteiger partial charge in [-0.1, -0.05) is 0 Å². The number of halogens is 3. The van der Waals surface area contributed by atoms with Crippen LogP contribution in [0.15, 0.2) is 39.4 Å². The SMILES string of the molecule is O=C(N1CC2(CC(C3=NN=C(C4(O)CC4)C3)C2)C1)N1CC2(C1)CN(S(=O)(=O)c1ccc(OC(F)(F)F)cc1)C2. The quantitative estimate of drug-likeness (QED) is 0.587. The number of nitrogens with zero attached hydrogens (tertiary/aromatic N) is 5. The van der Waals surface area contributed by atoms with Gasteiger partial charge in [0.25, 0.3) is 0 Å². The number of hydrogen-bond donors (Lipinski definition) is 1. The molecule has 10 nitrogen and oxygen atoms in total. The number of carbonyl (C=O) groups is 1. The first-order valence-corrected chi connectivity index (χ1v) is 14.5. The van der Waals surface area contributed by atoms with Crippen LogP contribution in [0.5, 0.6) is 5.75 Å². The molecule has 39 heavy (non-hydrogen) atoms. The van der Waals surface area contributed by atoms with E-state index in [1.807, 2.05) is 4.90 Å². The van der Waals surface area contributed by atoms with E-state index in [9.17, 15) is 31.5 Å². The minimum atomic E-state index is -4.85. The number of aliphatic hydroxyl groups is 1. The molecule has 14 heteroatoms. The van der Waals surface area contributed by atoms with Gasteiger partial charge in [0.05, 0.1) is 10.6 Å². The van der Waals surface area contributed by atoms with Crippen molar-refractivity contribution in [3.63, 3.8) is 0 Å². The second-order valence-electron chi connectivity index (χ2n) is 12.2. The second-order valence-corrected chi connectivity index (χ2v) is 14.2. The minimum absolute atomic E-state index is 0.0176. The number of likely N-dealkylation sites (tertiary alicyclic amines) is 2. The van der Waals surface area contributed by atoms with Crippen molar-refractivity contribution in [2.75, 3.05) is 39.3 Å². The Morgan fingerprint density at radius 2 is 1.54 bits per heavy atom. The van der Waals surface area contributed by atoms with Crippen LogP contribution < -0.4 is 4.74 Å². The molecular weight excluding hydrogens is 539 g/mol. The van der Waals surface area contributed by atoms with Crippen LogP contribution in [0, 0.1) is 16.7 Å². The second kappa shape index (κ2) is 7.94. The van der Waals surface area contributed by atoms with Gasteiger partial charge in [0.1, 0.15) is 11.4 Å². The topological polar surface area (TPSA) is 115 Å². The number of hydrogen-bond acceptors (Lipinski definition) is 7. The third-order valence-corrected chi connectivity index (χ3v) is 10.9. The third-order valence-electron chi connectivity index (χ3n) is 9.10. The van der Waals surface area contributed by atoms with Crippen LogP contribution in [0.1, 0.15) is 32.1 Å². The molecule has 3 saturated heterocycles. The highest BCUT2D eigenvalue weighted by Crippen LogP contribution is 2.54. The van der Waals surface area contributed by atoms with E-state index in [2.05, 4.69) is 14.9 Å². The molecule has 5 fully saturated rings. The van der Waals surface area contributed by atoms with Crippen LogP contribution >= 0.6 is 0 Å². The van der Waals surface area contributed by atoms with Gasteiger partial charge >= 0.3 is 12.4 Å². The summed E-state index contributed by atoms with van der Waals surface area (Å²) < 4.78 is 67.9. The monoisotopic (exact) mass is 567 g/mol. The largest absolute Gasteiger partial charge is 0.573 e. The van der Waals surface area contributed by atoms with Gasteiger partial charge in [-0.3, -0.25) is 0 Å². The fraction of sp³-hybridized carbons (Fsp3) is 0.640. The summed E-state index contributed by atoms with van der Waals surface area (Å²) in [5.41, 5.74) is 1.01. The Bertz CT molecular complexity index is 1380. The number of alkyl halides is 3. The molecule has 2 aliphatic carbocycles. The summed E-state index contributed by atoms with van der Waals surface area (Å²) in [5, 5.41) is 18.8. The average molecular weight is 568 g/mol. The van der Waals surface area contributed by atoms with Gasteiger partial charge in [0.2, 0.25) is 10.0 Å². The number of benzene rings is 1. The molecule has 0 aromatic heterocycles. The fourth-order valence-corrected chi connectivity index (χ4v) is 8.43. The summed E-state index contributed by atoms with van der Waals surface area (Å²) in [6.07, 6.45) is -0.679. The molecule has 7 rings (SSSR count). The molecule has 4 aliphatic heterocycles. The Morgan fingerprint density at radius 3 is 2.10 bits per heavy atom. The van der Waals surface area contributed by atoms with E-state index >= 15 is 0 Å². The van der Waals surface area contributed by atoms with Crippen LogP contribution in [0.4, 0.5) is 18.0 Å². The Balaban J connectivity index is 0.853. The van der Waals surface area contributed by atoms with Crippen molar-refractivity contribution in [3.8, 4) is 5.75 Å². The zero-order chi connectivity index (χ0) is 27.4. The lowest BCUT2D eigenvalue weighted by molar-refractivity contribution is -0.274. The molecule has 0 atom stereocenters. The lowest BCUT2D eigenvalue weighted by atomic mass is 9.56. The van der Waals surface area contributed by atoms with Gasteiger partial charge < -0.3 is 19.6 Å². The highest BCUT2D eigenvalue weighted by atomic mass is 32.2. The number of urea groups is 1. The third kappa shape index (κ3) is 4.22. The lowest BCUT2D eigenvalue weighted by Gasteiger charge is -2.63. The van der Waals surface area contributed by atoms with Crippen molar-refractivity contribution >= 4 is 27.5 Å². The van der Waals surface area contributed by atoms with Crippen LogP contribution in [0.25, 0.3) is 0 Å². The molecule has 2 saturated carbocycles. The van der Waals surface area contributed by atoms with Crippen LogP contribution in [-0.4, -0.2) is 96.3 Å². The Kier molecular flexibility index (Phi) is 5.14. The summed E-state index contributed by atoms with van der Waals surface area (Å²) in [7, 11) is -3.84. The molecule has 0 radical (unpaired) electrons. The first-order valence-electron chi connectivity index (χ1n) is 13.0. The average Bonchev–Trinajstić information content (AvgIpc) is 3.30. The first-order chi connectivity index (χ1) is 18.3. The molecule has 210 valence electrons. The molecule has 1 aromatic carbocycles. The smallest absolute Gasteiger partial charge is 0.406 e. The first kappa shape index (κ1) is 25.3. The predicted molar refractivity (Wildman–Crippen MR) is 132 cm³/mol. The number of amides is 2. The lowest BCUT2D eigenvalue weighted by Crippen LogP contribution is -2.76. The maximum Gasteiger partial charge on any atom is 0.573 e. The van der Waals surface area contributed by atoms with Crippen molar-refractivity contribution in [2.45, 2.75) is 49.0 Å². The Morgan fingerprint density at radius 1 is 0.949 bits per heavy atom. The predicted octanol–water partition coefficient (Wildman–Crippen LogP) is 2.45. The van der Waals surface area contributed by atoms with Crippen LogP contribution in [0.2, 0.25) is 0 Å². The van der Waals surface area contributed by atoms with Crippen molar-refractivity contribution < 1.29 is 36.2 Å². The van der Waals surface area contributed by atoms with Crippen molar-refractivity contribution in [1.29, 1.82) is 0 Å². The van der Waals surface area contributed by atoms with Gasteiger partial charge in [-0.2, -0.15) is 14.5 Å². The van der Waals surface area contributed by atoms with Crippen molar-refractivity contribution in [2.24, 2.45) is 27.0 Å². The number of rotatable bonds is 5. The van der Waals surface area contributed by atoms with Gasteiger partial charge in [-0.25, -0.2) is 13.2 Å². The summed E-state index contributed by atoms with van der Waals surface area (Å²) in [6, 6.07) is 4.15. The zero-order valence-corrected chi connectivity index (χ0v) is 21.8.